The molecule has 0 radical (unpaired) electrons. The van der Waals surface area contributed by atoms with Crippen LogP contribution in [0.15, 0.2) is 72.8 Å². The van der Waals surface area contributed by atoms with Crippen LogP contribution in [0.2, 0.25) is 5.02 Å². The Labute approximate surface area is 187 Å². The number of benzene rings is 3. The van der Waals surface area contributed by atoms with Gasteiger partial charge in [-0.2, -0.15) is 0 Å². The molecule has 2 aromatic heterocycles. The van der Waals surface area contributed by atoms with Crippen LogP contribution in [-0.4, -0.2) is 20.4 Å². The number of anilines is 1. The summed E-state index contributed by atoms with van der Waals surface area (Å²) in [5.41, 5.74) is 10.3. The van der Waals surface area contributed by atoms with Gasteiger partial charge >= 0.3 is 0 Å². The highest BCUT2D eigenvalue weighted by atomic mass is 35.5. The molecule has 0 atom stereocenters. The summed E-state index contributed by atoms with van der Waals surface area (Å²) in [6, 6.07) is 20.4. The number of carbonyl (C=O) groups is 1. The van der Waals surface area contributed by atoms with Crippen molar-refractivity contribution in [2.24, 2.45) is 0 Å². The van der Waals surface area contributed by atoms with Crippen LogP contribution >= 0.6 is 11.6 Å². The van der Waals surface area contributed by atoms with E-state index in [1.165, 1.54) is 12.1 Å². The lowest BCUT2D eigenvalue weighted by atomic mass is 10.2. The molecule has 3 aromatic carbocycles. The second kappa shape index (κ2) is 7.94. The summed E-state index contributed by atoms with van der Waals surface area (Å²) in [4.78, 5) is 22.6. The van der Waals surface area contributed by atoms with Gasteiger partial charge in [-0.05, 0) is 48.0 Å². The maximum absolute atomic E-state index is 13.2. The highest BCUT2D eigenvalue weighted by molar-refractivity contribution is 6.30. The molecule has 158 valence electrons. The molecule has 0 saturated carbocycles. The van der Waals surface area contributed by atoms with Crippen molar-refractivity contribution in [3.8, 4) is 5.69 Å². The Bertz CT molecular complexity index is 1480. The number of nitrogen functional groups attached to an aromatic ring is 1. The normalized spacial score (nSPS) is 11.2. The molecule has 0 unspecified atom stereocenters. The lowest BCUT2D eigenvalue weighted by molar-refractivity contribution is 0.0953. The van der Waals surface area contributed by atoms with Crippen molar-refractivity contribution in [1.29, 1.82) is 0 Å². The van der Waals surface area contributed by atoms with E-state index in [1.54, 1.807) is 34.9 Å². The first kappa shape index (κ1) is 20.0. The molecule has 0 aliphatic carbocycles. The fraction of sp³-hybridized carbons (Fsp3) is 0.0417. The third-order valence-electron chi connectivity index (χ3n) is 5.16. The summed E-state index contributed by atoms with van der Waals surface area (Å²) in [6.07, 6.45) is 0. The molecular weight excluding hydrogens is 429 g/mol. The molecule has 0 aliphatic rings. The summed E-state index contributed by atoms with van der Waals surface area (Å²) in [5, 5.41) is 3.37. The van der Waals surface area contributed by atoms with Crippen molar-refractivity contribution < 1.29 is 9.18 Å². The molecule has 0 saturated heterocycles. The molecule has 0 fully saturated rings. The van der Waals surface area contributed by atoms with E-state index >= 15 is 0 Å². The lowest BCUT2D eigenvalue weighted by Crippen LogP contribution is -2.24. The largest absolute Gasteiger partial charge is 0.384 e. The first-order chi connectivity index (χ1) is 15.5. The van der Waals surface area contributed by atoms with Crippen molar-refractivity contribution in [3.05, 3.63) is 94.8 Å². The number of nitrogens with two attached hydrogens (primary N) is 1. The van der Waals surface area contributed by atoms with Gasteiger partial charge in [-0.1, -0.05) is 41.9 Å². The zero-order valence-corrected chi connectivity index (χ0v) is 17.5. The number of amides is 1. The molecule has 5 rings (SSSR count). The van der Waals surface area contributed by atoms with Crippen LogP contribution in [0, 0.1) is 5.82 Å². The third kappa shape index (κ3) is 3.52. The molecule has 0 bridgehead atoms. The van der Waals surface area contributed by atoms with Gasteiger partial charge in [0.1, 0.15) is 22.7 Å². The summed E-state index contributed by atoms with van der Waals surface area (Å²) < 4.78 is 14.8. The van der Waals surface area contributed by atoms with Gasteiger partial charge in [-0.15, -0.1) is 0 Å². The van der Waals surface area contributed by atoms with Gasteiger partial charge in [0.15, 0.2) is 5.65 Å². The highest BCUT2D eigenvalue weighted by Gasteiger charge is 2.24. The van der Waals surface area contributed by atoms with Crippen LogP contribution in [0.3, 0.4) is 0 Å². The van der Waals surface area contributed by atoms with Gasteiger partial charge in [-0.25, -0.2) is 14.4 Å². The first-order valence-electron chi connectivity index (χ1n) is 9.86. The van der Waals surface area contributed by atoms with Crippen LogP contribution in [0.25, 0.3) is 27.9 Å². The van der Waals surface area contributed by atoms with Crippen molar-refractivity contribution in [1.82, 2.24) is 19.9 Å². The number of halogens is 2. The van der Waals surface area contributed by atoms with Gasteiger partial charge in [0.25, 0.3) is 5.91 Å². The molecule has 6 nitrogen and oxygen atoms in total. The second-order valence-electron chi connectivity index (χ2n) is 7.27. The topological polar surface area (TPSA) is 85.8 Å². The minimum Gasteiger partial charge on any atom is -0.384 e. The zero-order chi connectivity index (χ0) is 22.2. The molecule has 8 heteroatoms. The average Bonchev–Trinajstić information content (AvgIpc) is 3.07. The Morgan fingerprint density at radius 3 is 2.44 bits per heavy atom. The number of hydrogen-bond acceptors (Lipinski definition) is 4. The smallest absolute Gasteiger partial charge is 0.257 e. The predicted octanol–water partition coefficient (Wildman–Crippen LogP) is 4.88. The van der Waals surface area contributed by atoms with Crippen molar-refractivity contribution in [2.45, 2.75) is 6.54 Å². The quantitative estimate of drug-likeness (QED) is 0.413. The summed E-state index contributed by atoms with van der Waals surface area (Å²) in [7, 11) is 0. The number of carbonyl (C=O) groups excluding carboxylic acids is 1. The van der Waals surface area contributed by atoms with Crippen LogP contribution < -0.4 is 11.1 Å². The maximum Gasteiger partial charge on any atom is 0.257 e. The van der Waals surface area contributed by atoms with Crippen molar-refractivity contribution in [2.75, 3.05) is 5.73 Å². The van der Waals surface area contributed by atoms with Crippen LogP contribution in [0.1, 0.15) is 15.9 Å². The number of aromatic nitrogens is 3. The molecule has 1 amide bonds. The molecule has 0 aliphatic heterocycles. The summed E-state index contributed by atoms with van der Waals surface area (Å²) in [5.74, 6) is -0.535. The number of rotatable bonds is 4. The Morgan fingerprint density at radius 2 is 1.72 bits per heavy atom. The molecular formula is C24H17ClFN5O. The monoisotopic (exact) mass is 445 g/mol. The van der Waals surface area contributed by atoms with E-state index in [0.29, 0.717) is 32.9 Å². The summed E-state index contributed by atoms with van der Waals surface area (Å²) >= 11 is 6.20. The summed E-state index contributed by atoms with van der Waals surface area (Å²) in [6.45, 7) is 0.212. The molecule has 3 N–H and O–H groups in total. The fourth-order valence-electron chi connectivity index (χ4n) is 3.63. The number of nitrogens with zero attached hydrogens (tertiary/aromatic N) is 3. The molecule has 32 heavy (non-hydrogen) atoms. The number of hydrogen-bond donors (Lipinski definition) is 2. The minimum absolute atomic E-state index is 0.203. The Hall–Kier alpha value is -3.97. The van der Waals surface area contributed by atoms with Gasteiger partial charge in [0.05, 0.1) is 16.7 Å². The van der Waals surface area contributed by atoms with E-state index in [9.17, 15) is 9.18 Å². The SMILES string of the molecule is Nc1c(C(=O)NCc2ccc(F)cc2)c2nc3ccccc3nc2n1-c1cccc(Cl)c1. The van der Waals surface area contributed by atoms with Crippen LogP contribution in [0.4, 0.5) is 10.2 Å². The first-order valence-corrected chi connectivity index (χ1v) is 10.2. The Balaban J connectivity index is 1.65. The second-order valence-corrected chi connectivity index (χ2v) is 7.71. The average molecular weight is 446 g/mol. The van der Waals surface area contributed by atoms with E-state index in [1.807, 2.05) is 30.3 Å². The Morgan fingerprint density at radius 1 is 1.00 bits per heavy atom. The van der Waals surface area contributed by atoms with E-state index in [-0.39, 0.29) is 23.7 Å². The van der Waals surface area contributed by atoms with E-state index in [0.717, 1.165) is 5.56 Å². The van der Waals surface area contributed by atoms with Crippen molar-refractivity contribution >= 4 is 45.5 Å². The van der Waals surface area contributed by atoms with Gasteiger partial charge < -0.3 is 11.1 Å². The van der Waals surface area contributed by atoms with Crippen molar-refractivity contribution in [3.63, 3.8) is 0 Å². The van der Waals surface area contributed by atoms with Gasteiger partial charge in [0.2, 0.25) is 0 Å². The lowest BCUT2D eigenvalue weighted by Gasteiger charge is -2.09. The number of nitrogens with one attached hydrogen (secondary N) is 1. The van der Waals surface area contributed by atoms with Crippen LogP contribution in [-0.2, 0) is 6.54 Å². The number of fused-ring (bicyclic) bond motifs is 2. The maximum atomic E-state index is 13.2. The molecule has 2 heterocycles. The third-order valence-corrected chi connectivity index (χ3v) is 5.39. The molecule has 0 spiro atoms. The van der Waals surface area contributed by atoms with E-state index in [4.69, 9.17) is 22.3 Å². The predicted molar refractivity (Wildman–Crippen MR) is 123 cm³/mol. The van der Waals surface area contributed by atoms with Crippen LogP contribution in [0.5, 0.6) is 0 Å². The van der Waals surface area contributed by atoms with E-state index < -0.39 is 5.91 Å². The minimum atomic E-state index is -0.401. The van der Waals surface area contributed by atoms with Gasteiger partial charge in [0, 0.05) is 11.6 Å². The van der Waals surface area contributed by atoms with E-state index in [2.05, 4.69) is 10.3 Å². The number of para-hydroxylation sites is 2. The molecule has 5 aromatic rings. The highest BCUT2D eigenvalue weighted by Crippen LogP contribution is 2.31. The van der Waals surface area contributed by atoms with Gasteiger partial charge in [-0.3, -0.25) is 9.36 Å². The fourth-order valence-corrected chi connectivity index (χ4v) is 3.82. The standard InChI is InChI=1S/C24H17ClFN5O/c25-15-4-3-5-17(12-15)31-22(27)20(24(32)28-13-14-8-10-16(26)11-9-14)21-23(31)30-19-7-2-1-6-18(19)29-21/h1-12H,13,27H2,(H,28,32). The zero-order valence-electron chi connectivity index (χ0n) is 16.7. The Kier molecular flexibility index (Phi) is 4.95.